The minimum atomic E-state index is -0.343. The SMILES string of the molecule is CCc1c(C(=O)Nc2ccc(N)nc2)nnn1-c1ccc(OC(C)C)cc1. The molecule has 0 aliphatic rings. The summed E-state index contributed by atoms with van der Waals surface area (Å²) in [5, 5.41) is 11.0. The number of amides is 1. The monoisotopic (exact) mass is 366 g/mol. The molecule has 27 heavy (non-hydrogen) atoms. The van der Waals surface area contributed by atoms with E-state index in [1.54, 1.807) is 16.8 Å². The highest BCUT2D eigenvalue weighted by molar-refractivity contribution is 6.03. The van der Waals surface area contributed by atoms with Crippen molar-refractivity contribution in [3.05, 3.63) is 54.0 Å². The molecule has 0 saturated heterocycles. The van der Waals surface area contributed by atoms with Crippen LogP contribution in [0.4, 0.5) is 11.5 Å². The van der Waals surface area contributed by atoms with Crippen molar-refractivity contribution in [3.63, 3.8) is 0 Å². The molecule has 0 fully saturated rings. The number of nitrogens with two attached hydrogens (primary N) is 1. The van der Waals surface area contributed by atoms with Crippen molar-refractivity contribution in [1.82, 2.24) is 20.0 Å². The Kier molecular flexibility index (Phi) is 5.35. The fraction of sp³-hybridized carbons (Fsp3) is 0.263. The van der Waals surface area contributed by atoms with Gasteiger partial charge in [-0.15, -0.1) is 5.10 Å². The summed E-state index contributed by atoms with van der Waals surface area (Å²) in [7, 11) is 0. The maximum absolute atomic E-state index is 12.6. The second kappa shape index (κ2) is 7.86. The fourth-order valence-electron chi connectivity index (χ4n) is 2.61. The Balaban J connectivity index is 1.83. The van der Waals surface area contributed by atoms with Gasteiger partial charge in [0.25, 0.3) is 5.91 Å². The number of nitrogen functional groups attached to an aromatic ring is 1. The van der Waals surface area contributed by atoms with Crippen LogP contribution < -0.4 is 15.8 Å². The standard InChI is InChI=1S/C19H22N6O2/c1-4-16-18(19(26)22-13-5-10-17(20)21-11-13)23-24-25(16)14-6-8-15(9-7-14)27-12(2)3/h5-12H,4H2,1-3H3,(H2,20,21)(H,22,26). The number of anilines is 2. The molecule has 2 heterocycles. The smallest absolute Gasteiger partial charge is 0.278 e. The fourth-order valence-corrected chi connectivity index (χ4v) is 2.61. The van der Waals surface area contributed by atoms with E-state index in [1.807, 2.05) is 45.0 Å². The summed E-state index contributed by atoms with van der Waals surface area (Å²) < 4.78 is 7.32. The highest BCUT2D eigenvalue weighted by atomic mass is 16.5. The molecule has 0 aliphatic carbocycles. The van der Waals surface area contributed by atoms with E-state index in [4.69, 9.17) is 10.5 Å². The molecular weight excluding hydrogens is 344 g/mol. The molecule has 0 atom stereocenters. The zero-order chi connectivity index (χ0) is 19.4. The molecule has 3 rings (SSSR count). The Bertz CT molecular complexity index is 916. The summed E-state index contributed by atoms with van der Waals surface area (Å²) >= 11 is 0. The summed E-state index contributed by atoms with van der Waals surface area (Å²) in [5.41, 5.74) is 7.90. The summed E-state index contributed by atoms with van der Waals surface area (Å²) in [6, 6.07) is 10.8. The predicted molar refractivity (Wildman–Crippen MR) is 103 cm³/mol. The van der Waals surface area contributed by atoms with Gasteiger partial charge in [-0.2, -0.15) is 0 Å². The van der Waals surface area contributed by atoms with E-state index < -0.39 is 0 Å². The first-order valence-electron chi connectivity index (χ1n) is 8.72. The molecule has 0 aliphatic heterocycles. The van der Waals surface area contributed by atoms with Crippen molar-refractivity contribution < 1.29 is 9.53 Å². The molecule has 0 saturated carbocycles. The third-order valence-corrected chi connectivity index (χ3v) is 3.81. The molecule has 0 bridgehead atoms. The summed E-state index contributed by atoms with van der Waals surface area (Å²) in [6.07, 6.45) is 2.20. The first-order chi connectivity index (χ1) is 13.0. The molecule has 0 radical (unpaired) electrons. The number of carbonyl (C=O) groups excluding carboxylic acids is 1. The van der Waals surface area contributed by atoms with Gasteiger partial charge in [-0.1, -0.05) is 12.1 Å². The number of rotatable bonds is 6. The van der Waals surface area contributed by atoms with Gasteiger partial charge in [-0.25, -0.2) is 9.67 Å². The predicted octanol–water partition coefficient (Wildman–Crippen LogP) is 2.85. The third-order valence-electron chi connectivity index (χ3n) is 3.81. The Labute approximate surface area is 157 Å². The van der Waals surface area contributed by atoms with Crippen molar-refractivity contribution in [2.75, 3.05) is 11.1 Å². The Morgan fingerprint density at radius 2 is 1.96 bits per heavy atom. The van der Waals surface area contributed by atoms with Crippen molar-refractivity contribution in [3.8, 4) is 11.4 Å². The molecule has 0 spiro atoms. The maximum atomic E-state index is 12.6. The van der Waals surface area contributed by atoms with E-state index >= 15 is 0 Å². The van der Waals surface area contributed by atoms with Crippen molar-refractivity contribution >= 4 is 17.4 Å². The van der Waals surface area contributed by atoms with Gasteiger partial charge in [-0.05, 0) is 56.7 Å². The van der Waals surface area contributed by atoms with Crippen LogP contribution >= 0.6 is 0 Å². The lowest BCUT2D eigenvalue weighted by molar-refractivity contribution is 0.102. The van der Waals surface area contributed by atoms with Gasteiger partial charge in [0.2, 0.25) is 0 Å². The number of carbonyl (C=O) groups is 1. The third kappa shape index (κ3) is 4.22. The number of nitrogens with one attached hydrogen (secondary N) is 1. The maximum Gasteiger partial charge on any atom is 0.278 e. The van der Waals surface area contributed by atoms with Crippen LogP contribution in [0.5, 0.6) is 5.75 Å². The number of nitrogens with zero attached hydrogens (tertiary/aromatic N) is 4. The van der Waals surface area contributed by atoms with Crippen molar-refractivity contribution in [2.24, 2.45) is 0 Å². The topological polar surface area (TPSA) is 108 Å². The Morgan fingerprint density at radius 1 is 1.22 bits per heavy atom. The van der Waals surface area contributed by atoms with Crippen LogP contribution in [0.3, 0.4) is 0 Å². The van der Waals surface area contributed by atoms with Gasteiger partial charge < -0.3 is 15.8 Å². The summed E-state index contributed by atoms with van der Waals surface area (Å²) in [5.74, 6) is 0.822. The average Bonchev–Trinajstić information content (AvgIpc) is 3.08. The van der Waals surface area contributed by atoms with E-state index in [1.165, 1.54) is 6.20 Å². The van der Waals surface area contributed by atoms with E-state index in [2.05, 4.69) is 20.6 Å². The Hall–Kier alpha value is -3.42. The summed E-state index contributed by atoms with van der Waals surface area (Å²) in [4.78, 5) is 16.6. The summed E-state index contributed by atoms with van der Waals surface area (Å²) in [6.45, 7) is 5.90. The zero-order valence-corrected chi connectivity index (χ0v) is 15.5. The largest absolute Gasteiger partial charge is 0.491 e. The molecule has 140 valence electrons. The normalized spacial score (nSPS) is 10.8. The zero-order valence-electron chi connectivity index (χ0n) is 15.5. The number of pyridine rings is 1. The molecule has 1 aromatic carbocycles. The average molecular weight is 366 g/mol. The number of hydrogen-bond acceptors (Lipinski definition) is 6. The van der Waals surface area contributed by atoms with E-state index in [0.717, 1.165) is 11.4 Å². The minimum Gasteiger partial charge on any atom is -0.491 e. The Morgan fingerprint density at radius 3 is 2.56 bits per heavy atom. The van der Waals surface area contributed by atoms with Crippen LogP contribution in [0, 0.1) is 0 Å². The second-order valence-electron chi connectivity index (χ2n) is 6.24. The number of ether oxygens (including phenoxy) is 1. The molecule has 2 aromatic heterocycles. The molecule has 3 aromatic rings. The lowest BCUT2D eigenvalue weighted by Gasteiger charge is -2.11. The molecule has 1 amide bonds. The van der Waals surface area contributed by atoms with Crippen LogP contribution in [-0.2, 0) is 6.42 Å². The van der Waals surface area contributed by atoms with E-state index in [9.17, 15) is 4.79 Å². The van der Waals surface area contributed by atoms with Gasteiger partial charge >= 0.3 is 0 Å². The van der Waals surface area contributed by atoms with Gasteiger partial charge in [0.1, 0.15) is 11.6 Å². The molecule has 8 heteroatoms. The number of aromatic nitrogens is 4. The van der Waals surface area contributed by atoms with Gasteiger partial charge in [0.15, 0.2) is 5.69 Å². The van der Waals surface area contributed by atoms with E-state index in [0.29, 0.717) is 23.6 Å². The first kappa shape index (κ1) is 18.4. The number of benzene rings is 1. The first-order valence-corrected chi connectivity index (χ1v) is 8.72. The quantitative estimate of drug-likeness (QED) is 0.694. The second-order valence-corrected chi connectivity index (χ2v) is 6.24. The lowest BCUT2D eigenvalue weighted by Crippen LogP contribution is -2.15. The van der Waals surface area contributed by atoms with Crippen LogP contribution in [-0.4, -0.2) is 32.0 Å². The van der Waals surface area contributed by atoms with Crippen LogP contribution in [0.1, 0.15) is 37.0 Å². The van der Waals surface area contributed by atoms with Gasteiger partial charge in [0, 0.05) is 0 Å². The molecule has 3 N–H and O–H groups in total. The van der Waals surface area contributed by atoms with E-state index in [-0.39, 0.29) is 17.7 Å². The molecule has 8 nitrogen and oxygen atoms in total. The minimum absolute atomic E-state index is 0.103. The van der Waals surface area contributed by atoms with Crippen molar-refractivity contribution in [1.29, 1.82) is 0 Å². The van der Waals surface area contributed by atoms with Crippen LogP contribution in [0.15, 0.2) is 42.6 Å². The molecular formula is C19H22N6O2. The van der Waals surface area contributed by atoms with Crippen molar-refractivity contribution in [2.45, 2.75) is 33.3 Å². The van der Waals surface area contributed by atoms with Gasteiger partial charge in [0.05, 0.1) is 29.4 Å². The lowest BCUT2D eigenvalue weighted by atomic mass is 10.2. The highest BCUT2D eigenvalue weighted by Crippen LogP contribution is 2.19. The molecule has 0 unspecified atom stereocenters. The van der Waals surface area contributed by atoms with Crippen LogP contribution in [0.25, 0.3) is 5.69 Å². The highest BCUT2D eigenvalue weighted by Gasteiger charge is 2.19. The van der Waals surface area contributed by atoms with Gasteiger partial charge in [-0.3, -0.25) is 4.79 Å². The van der Waals surface area contributed by atoms with Crippen LogP contribution in [0.2, 0.25) is 0 Å². The number of hydrogen-bond donors (Lipinski definition) is 2.